The van der Waals surface area contributed by atoms with Gasteiger partial charge in [-0.1, -0.05) is 0 Å². The Kier molecular flexibility index (Phi) is 4.14. The summed E-state index contributed by atoms with van der Waals surface area (Å²) in [5.74, 6) is 0. The van der Waals surface area contributed by atoms with Crippen LogP contribution in [0, 0.1) is 0 Å². The molecule has 0 unspecified atom stereocenters. The maximum Gasteiger partial charge on any atom is 0.250 e. The van der Waals surface area contributed by atoms with Gasteiger partial charge in [0.25, 0.3) is 5.56 Å². The molecule has 13 heavy (non-hydrogen) atoms. The summed E-state index contributed by atoms with van der Waals surface area (Å²) in [4.78, 5) is 17.3. The van der Waals surface area contributed by atoms with Gasteiger partial charge >= 0.3 is 0 Å². The number of hydrogen-bond acceptors (Lipinski definition) is 4. The van der Waals surface area contributed by atoms with Crippen molar-refractivity contribution in [2.45, 2.75) is 6.54 Å². The van der Waals surface area contributed by atoms with E-state index in [2.05, 4.69) is 15.3 Å². The lowest BCUT2D eigenvalue weighted by Crippen LogP contribution is -2.20. The van der Waals surface area contributed by atoms with Crippen LogP contribution >= 0.6 is 0 Å². The lowest BCUT2D eigenvalue weighted by atomic mass is 10.4. The van der Waals surface area contributed by atoms with Crippen molar-refractivity contribution in [1.82, 2.24) is 15.3 Å². The van der Waals surface area contributed by atoms with Crippen molar-refractivity contribution in [2.24, 2.45) is 0 Å². The van der Waals surface area contributed by atoms with Gasteiger partial charge in [0.1, 0.15) is 0 Å². The summed E-state index contributed by atoms with van der Waals surface area (Å²) in [6, 6.07) is 1.47. The summed E-state index contributed by atoms with van der Waals surface area (Å²) in [5, 5.41) is 3.09. The molecule has 0 aliphatic carbocycles. The van der Waals surface area contributed by atoms with Gasteiger partial charge in [-0.15, -0.1) is 0 Å². The van der Waals surface area contributed by atoms with Gasteiger partial charge in [0, 0.05) is 26.3 Å². The van der Waals surface area contributed by atoms with Crippen LogP contribution in [-0.2, 0) is 11.3 Å². The fraction of sp³-hybridized carbons (Fsp3) is 0.500. The number of rotatable bonds is 5. The van der Waals surface area contributed by atoms with Gasteiger partial charge in [0.05, 0.1) is 18.6 Å². The molecule has 0 saturated heterocycles. The largest absolute Gasteiger partial charge is 0.383 e. The minimum absolute atomic E-state index is 0.126. The molecule has 0 aromatic carbocycles. The molecule has 0 amide bonds. The van der Waals surface area contributed by atoms with Crippen molar-refractivity contribution in [3.8, 4) is 0 Å². The van der Waals surface area contributed by atoms with E-state index in [0.29, 0.717) is 13.2 Å². The van der Waals surface area contributed by atoms with Crippen LogP contribution in [0.15, 0.2) is 17.2 Å². The van der Waals surface area contributed by atoms with E-state index in [4.69, 9.17) is 4.74 Å². The zero-order valence-corrected chi connectivity index (χ0v) is 7.54. The average molecular weight is 183 g/mol. The number of aromatic amines is 1. The monoisotopic (exact) mass is 183 g/mol. The summed E-state index contributed by atoms with van der Waals surface area (Å²) in [6.45, 7) is 2.00. The Hall–Kier alpha value is -1.20. The second-order valence-electron chi connectivity index (χ2n) is 2.57. The first kappa shape index (κ1) is 9.88. The second kappa shape index (κ2) is 5.45. The first-order chi connectivity index (χ1) is 6.33. The van der Waals surface area contributed by atoms with Crippen LogP contribution in [0.1, 0.15) is 5.69 Å². The highest BCUT2D eigenvalue weighted by atomic mass is 16.5. The number of methoxy groups -OCH3 is 1. The van der Waals surface area contributed by atoms with Crippen molar-refractivity contribution in [2.75, 3.05) is 20.3 Å². The van der Waals surface area contributed by atoms with E-state index in [0.717, 1.165) is 12.2 Å². The minimum atomic E-state index is -0.126. The van der Waals surface area contributed by atoms with Gasteiger partial charge in [-0.05, 0) is 0 Å². The second-order valence-corrected chi connectivity index (χ2v) is 2.57. The third-order valence-electron chi connectivity index (χ3n) is 1.52. The fourth-order valence-electron chi connectivity index (χ4n) is 0.896. The smallest absolute Gasteiger partial charge is 0.250 e. The zero-order chi connectivity index (χ0) is 9.52. The van der Waals surface area contributed by atoms with E-state index in [1.54, 1.807) is 7.11 Å². The lowest BCUT2D eigenvalue weighted by Gasteiger charge is -2.01. The third-order valence-corrected chi connectivity index (χ3v) is 1.52. The van der Waals surface area contributed by atoms with Gasteiger partial charge in [-0.25, -0.2) is 4.98 Å². The summed E-state index contributed by atoms with van der Waals surface area (Å²) in [7, 11) is 1.65. The molecule has 0 aliphatic rings. The molecule has 72 valence electrons. The van der Waals surface area contributed by atoms with Crippen LogP contribution in [0.25, 0.3) is 0 Å². The van der Waals surface area contributed by atoms with Crippen molar-refractivity contribution < 1.29 is 4.74 Å². The molecular weight excluding hydrogens is 170 g/mol. The number of nitrogens with zero attached hydrogens (tertiary/aromatic N) is 1. The normalized spacial score (nSPS) is 10.2. The van der Waals surface area contributed by atoms with Gasteiger partial charge in [0.2, 0.25) is 0 Å². The van der Waals surface area contributed by atoms with E-state index < -0.39 is 0 Å². The Morgan fingerprint density at radius 1 is 1.69 bits per heavy atom. The predicted molar refractivity (Wildman–Crippen MR) is 48.4 cm³/mol. The molecule has 0 atom stereocenters. The highest BCUT2D eigenvalue weighted by Gasteiger charge is 1.93. The van der Waals surface area contributed by atoms with Gasteiger partial charge < -0.3 is 15.0 Å². The first-order valence-electron chi connectivity index (χ1n) is 4.06. The topological polar surface area (TPSA) is 67.0 Å². The molecule has 1 aromatic rings. The molecule has 0 fully saturated rings. The highest BCUT2D eigenvalue weighted by Crippen LogP contribution is 1.84. The molecule has 5 nitrogen and oxygen atoms in total. The van der Waals surface area contributed by atoms with Gasteiger partial charge in [-0.2, -0.15) is 0 Å². The number of aromatic nitrogens is 2. The van der Waals surface area contributed by atoms with E-state index in [9.17, 15) is 4.79 Å². The molecule has 1 heterocycles. The summed E-state index contributed by atoms with van der Waals surface area (Å²) < 4.78 is 4.85. The summed E-state index contributed by atoms with van der Waals surface area (Å²) in [5.41, 5.74) is 0.610. The molecule has 0 bridgehead atoms. The molecule has 0 aliphatic heterocycles. The van der Waals surface area contributed by atoms with Crippen LogP contribution in [0.5, 0.6) is 0 Å². The Morgan fingerprint density at radius 3 is 3.23 bits per heavy atom. The maximum atomic E-state index is 10.8. The van der Waals surface area contributed by atoms with Crippen LogP contribution < -0.4 is 10.9 Å². The van der Waals surface area contributed by atoms with Crippen LogP contribution in [-0.4, -0.2) is 30.2 Å². The molecule has 0 radical (unpaired) electrons. The number of ether oxygens (including phenoxy) is 1. The first-order valence-corrected chi connectivity index (χ1v) is 4.06. The lowest BCUT2D eigenvalue weighted by molar-refractivity contribution is 0.199. The Morgan fingerprint density at radius 2 is 2.54 bits per heavy atom. The molecule has 2 N–H and O–H groups in total. The standard InChI is InChI=1S/C8H13N3O2/c1-13-3-2-9-5-7-4-8(12)11-6-10-7/h4,6,9H,2-3,5H2,1H3,(H,10,11,12). The Bertz CT molecular complexity index is 297. The van der Waals surface area contributed by atoms with Crippen molar-refractivity contribution in [3.63, 3.8) is 0 Å². The highest BCUT2D eigenvalue weighted by molar-refractivity contribution is 4.97. The quantitative estimate of drug-likeness (QED) is 0.604. The SMILES string of the molecule is COCCNCc1cc(=O)[nH]cn1. The molecule has 5 heteroatoms. The molecule has 1 rings (SSSR count). The van der Waals surface area contributed by atoms with Crippen molar-refractivity contribution in [1.29, 1.82) is 0 Å². The number of nitrogens with one attached hydrogen (secondary N) is 2. The third kappa shape index (κ3) is 3.82. The van der Waals surface area contributed by atoms with Gasteiger partial charge in [-0.3, -0.25) is 4.79 Å². The van der Waals surface area contributed by atoms with Crippen LogP contribution in [0.3, 0.4) is 0 Å². The van der Waals surface area contributed by atoms with Crippen LogP contribution in [0.2, 0.25) is 0 Å². The van der Waals surface area contributed by atoms with Crippen molar-refractivity contribution in [3.05, 3.63) is 28.4 Å². The maximum absolute atomic E-state index is 10.8. The number of H-pyrrole nitrogens is 1. The minimum Gasteiger partial charge on any atom is -0.383 e. The fourth-order valence-corrected chi connectivity index (χ4v) is 0.896. The van der Waals surface area contributed by atoms with Gasteiger partial charge in [0.15, 0.2) is 0 Å². The van der Waals surface area contributed by atoms with E-state index in [1.165, 1.54) is 12.4 Å². The summed E-state index contributed by atoms with van der Waals surface area (Å²) >= 11 is 0. The average Bonchev–Trinajstić information content (AvgIpc) is 2.13. The molecule has 1 aromatic heterocycles. The summed E-state index contributed by atoms with van der Waals surface area (Å²) in [6.07, 6.45) is 1.40. The predicted octanol–water partition coefficient (Wildman–Crippen LogP) is -0.494. The van der Waals surface area contributed by atoms with Crippen LogP contribution in [0.4, 0.5) is 0 Å². The van der Waals surface area contributed by atoms with Crippen molar-refractivity contribution >= 4 is 0 Å². The molecule has 0 spiro atoms. The van der Waals surface area contributed by atoms with E-state index >= 15 is 0 Å². The number of hydrogen-bond donors (Lipinski definition) is 2. The molecular formula is C8H13N3O2. The molecule has 0 saturated carbocycles. The zero-order valence-electron chi connectivity index (χ0n) is 7.54. The Labute approximate surface area is 76.2 Å². The Balaban J connectivity index is 2.33. The van der Waals surface area contributed by atoms with E-state index in [1.807, 2.05) is 0 Å². The van der Waals surface area contributed by atoms with E-state index in [-0.39, 0.29) is 5.56 Å².